The van der Waals surface area contributed by atoms with Crippen LogP contribution in [-0.2, 0) is 4.79 Å². The molecular formula is C21H24N2O5. The number of ether oxygens (including phenoxy) is 3. The van der Waals surface area contributed by atoms with Gasteiger partial charge in [-0.05, 0) is 44.2 Å². The zero-order valence-corrected chi connectivity index (χ0v) is 16.2. The maximum absolute atomic E-state index is 12.2. The Morgan fingerprint density at radius 2 is 1.64 bits per heavy atom. The van der Waals surface area contributed by atoms with Crippen molar-refractivity contribution in [2.24, 2.45) is 0 Å². The average molecular weight is 384 g/mol. The van der Waals surface area contributed by atoms with Crippen molar-refractivity contribution in [3.8, 4) is 17.2 Å². The summed E-state index contributed by atoms with van der Waals surface area (Å²) in [6.07, 6.45) is 2.93. The largest absolute Gasteiger partial charge is 0.493 e. The lowest BCUT2D eigenvalue weighted by Crippen LogP contribution is -2.40. The van der Waals surface area contributed by atoms with E-state index in [0.29, 0.717) is 36.0 Å². The number of amides is 2. The molecule has 2 aromatic rings. The van der Waals surface area contributed by atoms with Crippen molar-refractivity contribution in [2.45, 2.75) is 13.8 Å². The van der Waals surface area contributed by atoms with Gasteiger partial charge in [0, 0.05) is 17.2 Å². The number of methoxy groups -OCH3 is 1. The van der Waals surface area contributed by atoms with Crippen molar-refractivity contribution >= 4 is 17.9 Å². The molecule has 28 heavy (non-hydrogen) atoms. The van der Waals surface area contributed by atoms with E-state index >= 15 is 0 Å². The predicted molar refractivity (Wildman–Crippen MR) is 106 cm³/mol. The third kappa shape index (κ3) is 5.77. The van der Waals surface area contributed by atoms with Gasteiger partial charge in [0.15, 0.2) is 11.5 Å². The van der Waals surface area contributed by atoms with Gasteiger partial charge in [-0.2, -0.15) is 0 Å². The number of hydrogen-bond donors (Lipinski definition) is 2. The number of benzene rings is 2. The lowest BCUT2D eigenvalue weighted by Gasteiger charge is -2.11. The summed E-state index contributed by atoms with van der Waals surface area (Å²) in [5.41, 5.74) is 5.79. The fourth-order valence-electron chi connectivity index (χ4n) is 2.39. The maximum Gasteiger partial charge on any atom is 0.269 e. The van der Waals surface area contributed by atoms with Gasteiger partial charge >= 0.3 is 0 Å². The molecule has 0 saturated heterocycles. The molecule has 7 nitrogen and oxygen atoms in total. The summed E-state index contributed by atoms with van der Waals surface area (Å²) in [6, 6.07) is 12.1. The number of rotatable bonds is 8. The van der Waals surface area contributed by atoms with Crippen LogP contribution in [0.3, 0.4) is 0 Å². The van der Waals surface area contributed by atoms with Gasteiger partial charge < -0.3 is 14.2 Å². The van der Waals surface area contributed by atoms with Crippen molar-refractivity contribution in [2.75, 3.05) is 20.3 Å². The molecule has 0 radical (unpaired) electrons. The van der Waals surface area contributed by atoms with E-state index in [1.54, 1.807) is 24.3 Å². The number of hydrazine groups is 1. The molecule has 2 N–H and O–H groups in total. The lowest BCUT2D eigenvalue weighted by molar-refractivity contribution is -0.117. The molecule has 0 unspecified atom stereocenters. The van der Waals surface area contributed by atoms with Gasteiger partial charge in [-0.15, -0.1) is 0 Å². The van der Waals surface area contributed by atoms with Gasteiger partial charge in [0.1, 0.15) is 5.75 Å². The molecule has 148 valence electrons. The molecule has 0 aromatic heterocycles. The van der Waals surface area contributed by atoms with E-state index in [9.17, 15) is 9.59 Å². The van der Waals surface area contributed by atoms with E-state index in [0.717, 1.165) is 5.56 Å². The average Bonchev–Trinajstić information content (AvgIpc) is 2.72. The van der Waals surface area contributed by atoms with Crippen LogP contribution >= 0.6 is 0 Å². The number of carbonyl (C=O) groups is 2. The Hall–Kier alpha value is -3.48. The van der Waals surface area contributed by atoms with E-state index in [1.165, 1.54) is 13.2 Å². The Morgan fingerprint density at radius 3 is 2.36 bits per heavy atom. The smallest absolute Gasteiger partial charge is 0.269 e. The Kier molecular flexibility index (Phi) is 7.90. The standard InChI is InChI=1S/C21H24N2O5/c1-4-27-17-9-7-6-8-15(17)11-13-20(24)22-23-21(25)16-10-12-18(28-5-2)19(14-16)26-3/h6-14H,4-5H2,1-3H3,(H,22,24)(H,23,25)/b13-11+. The van der Waals surface area contributed by atoms with E-state index in [-0.39, 0.29) is 0 Å². The molecule has 0 spiro atoms. The molecule has 2 amide bonds. The highest BCUT2D eigenvalue weighted by Crippen LogP contribution is 2.27. The summed E-state index contributed by atoms with van der Waals surface area (Å²) in [5, 5.41) is 0. The van der Waals surface area contributed by atoms with Gasteiger partial charge in [0.05, 0.1) is 20.3 Å². The Morgan fingerprint density at radius 1 is 0.929 bits per heavy atom. The minimum absolute atomic E-state index is 0.325. The highest BCUT2D eigenvalue weighted by Gasteiger charge is 2.11. The summed E-state index contributed by atoms with van der Waals surface area (Å²) in [6.45, 7) is 4.75. The number of hydrogen-bond acceptors (Lipinski definition) is 5. The topological polar surface area (TPSA) is 85.9 Å². The molecule has 0 heterocycles. The minimum atomic E-state index is -0.474. The van der Waals surface area contributed by atoms with Crippen LogP contribution in [0.15, 0.2) is 48.5 Å². The number of nitrogens with one attached hydrogen (secondary N) is 2. The summed E-state index contributed by atoms with van der Waals surface area (Å²) in [4.78, 5) is 24.2. The molecule has 0 aliphatic carbocycles. The van der Waals surface area contributed by atoms with Gasteiger partial charge in [-0.3, -0.25) is 20.4 Å². The molecule has 7 heteroatoms. The molecule has 0 bridgehead atoms. The van der Waals surface area contributed by atoms with Crippen LogP contribution in [0.2, 0.25) is 0 Å². The molecule has 2 rings (SSSR count). The molecule has 0 aliphatic heterocycles. The summed E-state index contributed by atoms with van der Waals surface area (Å²) < 4.78 is 16.1. The Balaban J connectivity index is 1.96. The first-order valence-electron chi connectivity index (χ1n) is 8.90. The van der Waals surface area contributed by atoms with E-state index in [4.69, 9.17) is 14.2 Å². The van der Waals surface area contributed by atoms with Crippen LogP contribution in [0.25, 0.3) is 6.08 Å². The molecule has 0 aliphatic rings. The fraction of sp³-hybridized carbons (Fsp3) is 0.238. The highest BCUT2D eigenvalue weighted by atomic mass is 16.5. The van der Waals surface area contributed by atoms with Gasteiger partial charge in [-0.1, -0.05) is 18.2 Å². The lowest BCUT2D eigenvalue weighted by atomic mass is 10.2. The Labute approximate surface area is 164 Å². The first kappa shape index (κ1) is 20.8. The van der Waals surface area contributed by atoms with Crippen LogP contribution in [-0.4, -0.2) is 32.1 Å². The second kappa shape index (κ2) is 10.6. The SMILES string of the molecule is CCOc1ccccc1/C=C/C(=O)NNC(=O)c1ccc(OCC)c(OC)c1. The zero-order chi connectivity index (χ0) is 20.4. The van der Waals surface area contributed by atoms with Crippen molar-refractivity contribution < 1.29 is 23.8 Å². The van der Waals surface area contributed by atoms with Crippen LogP contribution in [0.1, 0.15) is 29.8 Å². The third-order valence-corrected chi connectivity index (χ3v) is 3.66. The monoisotopic (exact) mass is 384 g/mol. The third-order valence-electron chi connectivity index (χ3n) is 3.66. The molecule has 0 fully saturated rings. The van der Waals surface area contributed by atoms with Crippen LogP contribution in [0, 0.1) is 0 Å². The van der Waals surface area contributed by atoms with Crippen molar-refractivity contribution in [3.63, 3.8) is 0 Å². The summed E-state index contributed by atoms with van der Waals surface area (Å²) >= 11 is 0. The maximum atomic E-state index is 12.2. The van der Waals surface area contributed by atoms with E-state index < -0.39 is 11.8 Å². The first-order chi connectivity index (χ1) is 13.6. The van der Waals surface area contributed by atoms with Gasteiger partial charge in [0.25, 0.3) is 11.8 Å². The second-order valence-corrected chi connectivity index (χ2v) is 5.55. The van der Waals surface area contributed by atoms with E-state index in [1.807, 2.05) is 38.1 Å². The molecule has 0 saturated carbocycles. The Bertz CT molecular complexity index is 848. The van der Waals surface area contributed by atoms with Crippen LogP contribution in [0.4, 0.5) is 0 Å². The van der Waals surface area contributed by atoms with E-state index in [2.05, 4.69) is 10.9 Å². The number of para-hydroxylation sites is 1. The molecule has 2 aromatic carbocycles. The number of carbonyl (C=O) groups excluding carboxylic acids is 2. The highest BCUT2D eigenvalue weighted by molar-refractivity contribution is 5.98. The summed E-state index contributed by atoms with van der Waals surface area (Å²) in [5.74, 6) is 0.713. The normalized spacial score (nSPS) is 10.4. The van der Waals surface area contributed by atoms with Crippen LogP contribution < -0.4 is 25.1 Å². The fourth-order valence-corrected chi connectivity index (χ4v) is 2.39. The minimum Gasteiger partial charge on any atom is -0.493 e. The summed E-state index contributed by atoms with van der Waals surface area (Å²) in [7, 11) is 1.49. The zero-order valence-electron chi connectivity index (χ0n) is 16.2. The van der Waals surface area contributed by atoms with Gasteiger partial charge in [-0.25, -0.2) is 0 Å². The predicted octanol–water partition coefficient (Wildman–Crippen LogP) is 2.97. The molecule has 0 atom stereocenters. The van der Waals surface area contributed by atoms with Crippen molar-refractivity contribution in [3.05, 3.63) is 59.7 Å². The van der Waals surface area contributed by atoms with Crippen molar-refractivity contribution in [1.29, 1.82) is 0 Å². The second-order valence-electron chi connectivity index (χ2n) is 5.55. The van der Waals surface area contributed by atoms with Gasteiger partial charge in [0.2, 0.25) is 0 Å². The quantitative estimate of drug-likeness (QED) is 0.540. The van der Waals surface area contributed by atoms with Crippen molar-refractivity contribution in [1.82, 2.24) is 10.9 Å². The first-order valence-corrected chi connectivity index (χ1v) is 8.90. The molecular weight excluding hydrogens is 360 g/mol. The van der Waals surface area contributed by atoms with Crippen LogP contribution in [0.5, 0.6) is 17.2 Å².